The summed E-state index contributed by atoms with van der Waals surface area (Å²) >= 11 is 0.994. The van der Waals surface area contributed by atoms with Gasteiger partial charge in [-0.2, -0.15) is 40.4 Å². The summed E-state index contributed by atoms with van der Waals surface area (Å²) in [5, 5.41) is 11.5. The van der Waals surface area contributed by atoms with Crippen molar-refractivity contribution < 1.29 is 44.3 Å². The van der Waals surface area contributed by atoms with E-state index in [0.717, 1.165) is 18.3 Å². The van der Waals surface area contributed by atoms with Crippen LogP contribution in [0.1, 0.15) is 39.0 Å². The number of nitriles is 1. The number of anilines is 1. The molecule has 1 unspecified atom stereocenters. The van der Waals surface area contributed by atoms with Gasteiger partial charge in [0.25, 0.3) is 5.91 Å². The number of halogens is 9. The number of thiazole rings is 1. The molecule has 14 heteroatoms. The maximum atomic E-state index is 14.9. The van der Waals surface area contributed by atoms with Crippen LogP contribution in [-0.4, -0.2) is 29.2 Å². The lowest BCUT2D eigenvalue weighted by molar-refractivity contribution is -0.389. The van der Waals surface area contributed by atoms with E-state index < -0.39 is 35.4 Å². The van der Waals surface area contributed by atoms with Crippen LogP contribution in [-0.2, 0) is 12.1 Å². The van der Waals surface area contributed by atoms with Gasteiger partial charge in [-0.1, -0.05) is 13.0 Å². The number of aromatic nitrogens is 1. The Balaban J connectivity index is 2.08. The molecule has 3 aromatic rings. The first kappa shape index (κ1) is 27.3. The lowest BCUT2D eigenvalue weighted by Crippen LogP contribution is -2.59. The molecule has 1 heterocycles. The molecule has 36 heavy (non-hydrogen) atoms. The van der Waals surface area contributed by atoms with E-state index in [1.807, 2.05) is 6.07 Å². The first-order chi connectivity index (χ1) is 16.5. The second-order valence-electron chi connectivity index (χ2n) is 7.68. The Morgan fingerprint density at radius 2 is 1.67 bits per heavy atom. The minimum absolute atomic E-state index is 0.0416. The molecule has 0 saturated heterocycles. The van der Waals surface area contributed by atoms with Gasteiger partial charge in [0.2, 0.25) is 0 Å². The Bertz CT molecular complexity index is 1370. The number of benzene rings is 2. The second-order valence-corrected chi connectivity index (χ2v) is 8.71. The fraction of sp³-hybridized carbons (Fsp3) is 0.318. The molecule has 192 valence electrons. The zero-order valence-electron chi connectivity index (χ0n) is 18.2. The molecule has 0 fully saturated rings. The fourth-order valence-corrected chi connectivity index (χ4v) is 4.34. The highest BCUT2D eigenvalue weighted by molar-refractivity contribution is 7.19. The third-order valence-corrected chi connectivity index (χ3v) is 6.28. The topological polar surface area (TPSA) is 65.8 Å². The van der Waals surface area contributed by atoms with Crippen molar-refractivity contribution >= 4 is 33.1 Å². The summed E-state index contributed by atoms with van der Waals surface area (Å²) in [6.07, 6.45) is -13.7. The van der Waals surface area contributed by atoms with Gasteiger partial charge >= 0.3 is 23.9 Å². The first-order valence-electron chi connectivity index (χ1n) is 9.94. The number of carbonyl (C=O) groups is 1. The van der Waals surface area contributed by atoms with Crippen LogP contribution in [0.2, 0.25) is 0 Å². The summed E-state index contributed by atoms with van der Waals surface area (Å²) < 4.78 is 122. The van der Waals surface area contributed by atoms with E-state index in [0.29, 0.717) is 10.2 Å². The number of alkyl halides is 9. The average molecular weight is 539 g/mol. The molecule has 0 bridgehead atoms. The normalized spacial score (nSPS) is 14.4. The average Bonchev–Trinajstić information content (AvgIpc) is 3.20. The Kier molecular flexibility index (Phi) is 6.78. The summed E-state index contributed by atoms with van der Waals surface area (Å²) in [5.41, 5.74) is -8.39. The Morgan fingerprint density at radius 1 is 1.03 bits per heavy atom. The van der Waals surface area contributed by atoms with Crippen molar-refractivity contribution in [2.75, 3.05) is 5.32 Å². The van der Waals surface area contributed by atoms with E-state index in [4.69, 9.17) is 5.26 Å². The van der Waals surface area contributed by atoms with Crippen LogP contribution < -0.4 is 5.32 Å². The van der Waals surface area contributed by atoms with Crippen LogP contribution in [0.5, 0.6) is 0 Å². The molecule has 0 saturated carbocycles. The monoisotopic (exact) mass is 539 g/mol. The van der Waals surface area contributed by atoms with Crippen LogP contribution in [0.4, 0.5) is 45.2 Å². The second kappa shape index (κ2) is 8.95. The highest BCUT2D eigenvalue weighted by Gasteiger charge is 2.81. The van der Waals surface area contributed by atoms with Gasteiger partial charge in [-0.05, 0) is 48.7 Å². The predicted octanol–water partition coefficient (Wildman–Crippen LogP) is 7.22. The number of nitrogens with one attached hydrogen (secondary N) is 1. The van der Waals surface area contributed by atoms with Crippen molar-refractivity contribution in [1.29, 1.82) is 5.26 Å². The van der Waals surface area contributed by atoms with Crippen molar-refractivity contribution in [3.63, 3.8) is 0 Å². The largest absolute Gasteiger partial charge is 0.457 e. The minimum Gasteiger partial charge on any atom is -0.321 e. The molecule has 1 atom stereocenters. The van der Waals surface area contributed by atoms with Gasteiger partial charge in [-0.3, -0.25) is 4.79 Å². The van der Waals surface area contributed by atoms with Gasteiger partial charge in [0.1, 0.15) is 6.07 Å². The van der Waals surface area contributed by atoms with E-state index in [-0.39, 0.29) is 45.9 Å². The smallest absolute Gasteiger partial charge is 0.321 e. The number of aryl methyl sites for hydroxylation is 2. The maximum Gasteiger partial charge on any atom is 0.457 e. The zero-order valence-corrected chi connectivity index (χ0v) is 19.0. The van der Waals surface area contributed by atoms with E-state index in [1.165, 1.54) is 25.1 Å². The van der Waals surface area contributed by atoms with Gasteiger partial charge < -0.3 is 5.32 Å². The van der Waals surface area contributed by atoms with Gasteiger partial charge in [0.15, 0.2) is 5.01 Å². The SMILES string of the molecule is CCc1cc(C(F)(C(F)(F)F)C(F)(F)C(F)(F)F)cc(C)c1NC(=O)c1ccc2nc(C#N)sc2c1. The van der Waals surface area contributed by atoms with E-state index in [1.54, 1.807) is 0 Å². The highest BCUT2D eigenvalue weighted by Crippen LogP contribution is 2.58. The number of hydrogen-bond acceptors (Lipinski definition) is 4. The molecule has 3 rings (SSSR count). The minimum atomic E-state index is -6.84. The van der Waals surface area contributed by atoms with Gasteiger partial charge in [0, 0.05) is 16.8 Å². The molecular weight excluding hydrogens is 525 g/mol. The maximum absolute atomic E-state index is 14.9. The van der Waals surface area contributed by atoms with Crippen molar-refractivity contribution in [1.82, 2.24) is 4.98 Å². The van der Waals surface area contributed by atoms with Gasteiger partial charge in [-0.15, -0.1) is 11.3 Å². The summed E-state index contributed by atoms with van der Waals surface area (Å²) in [7, 11) is 0. The molecule has 1 aromatic heterocycles. The molecular formula is C22H14F9N3OS. The van der Waals surface area contributed by atoms with Gasteiger partial charge in [0.05, 0.1) is 10.2 Å². The molecule has 0 spiro atoms. The standard InChI is InChI=1S/C22H14F9N3OS/c1-3-11-7-13(19(23,21(26,27)28)20(24,25)22(29,30)31)6-10(2)17(11)34-18(35)12-4-5-14-15(8-12)36-16(9-32)33-14/h4-8H,3H2,1-2H3,(H,34,35). The van der Waals surface area contributed by atoms with Crippen LogP contribution >= 0.6 is 11.3 Å². The quantitative estimate of drug-likeness (QED) is 0.349. The van der Waals surface area contributed by atoms with Crippen molar-refractivity contribution in [2.45, 2.75) is 44.2 Å². The number of hydrogen-bond donors (Lipinski definition) is 1. The summed E-state index contributed by atoms with van der Waals surface area (Å²) in [6.45, 7) is 2.36. The molecule has 0 radical (unpaired) electrons. The molecule has 1 N–H and O–H groups in total. The number of amides is 1. The van der Waals surface area contributed by atoms with Crippen molar-refractivity contribution in [2.24, 2.45) is 0 Å². The molecule has 4 nitrogen and oxygen atoms in total. The lowest BCUT2D eigenvalue weighted by atomic mass is 9.85. The third-order valence-electron chi connectivity index (χ3n) is 5.36. The molecule has 2 aromatic carbocycles. The molecule has 0 aliphatic rings. The molecule has 0 aliphatic heterocycles. The summed E-state index contributed by atoms with van der Waals surface area (Å²) in [5.74, 6) is -7.59. The Labute approximate surface area is 201 Å². The van der Waals surface area contributed by atoms with Gasteiger partial charge in [-0.25, -0.2) is 9.37 Å². The molecule has 1 amide bonds. The van der Waals surface area contributed by atoms with Crippen LogP contribution in [0.15, 0.2) is 30.3 Å². The Morgan fingerprint density at radius 3 is 2.19 bits per heavy atom. The summed E-state index contributed by atoms with van der Waals surface area (Å²) in [6, 6.07) is 6.46. The van der Waals surface area contributed by atoms with E-state index in [9.17, 15) is 44.3 Å². The predicted molar refractivity (Wildman–Crippen MR) is 113 cm³/mol. The van der Waals surface area contributed by atoms with Crippen LogP contribution in [0.25, 0.3) is 10.2 Å². The van der Waals surface area contributed by atoms with Crippen molar-refractivity contribution in [3.8, 4) is 6.07 Å². The number of carbonyl (C=O) groups excluding carboxylic acids is 1. The van der Waals surface area contributed by atoms with E-state index in [2.05, 4.69) is 10.3 Å². The van der Waals surface area contributed by atoms with Crippen molar-refractivity contribution in [3.05, 3.63) is 57.6 Å². The first-order valence-corrected chi connectivity index (χ1v) is 10.8. The molecule has 0 aliphatic carbocycles. The lowest BCUT2D eigenvalue weighted by Gasteiger charge is -2.36. The summed E-state index contributed by atoms with van der Waals surface area (Å²) in [4.78, 5) is 16.8. The van der Waals surface area contributed by atoms with Crippen LogP contribution in [0.3, 0.4) is 0 Å². The Hall–Kier alpha value is -3.34. The number of fused-ring (bicyclic) bond motifs is 1. The zero-order chi connectivity index (χ0) is 27.3. The third kappa shape index (κ3) is 4.36. The number of nitrogens with zero attached hydrogens (tertiary/aromatic N) is 2. The van der Waals surface area contributed by atoms with Crippen LogP contribution in [0, 0.1) is 18.3 Å². The number of rotatable bonds is 5. The fourth-order valence-electron chi connectivity index (χ4n) is 3.53. The van der Waals surface area contributed by atoms with E-state index >= 15 is 0 Å². The highest BCUT2D eigenvalue weighted by atomic mass is 32.1.